The van der Waals surface area contributed by atoms with Crippen molar-refractivity contribution in [1.82, 2.24) is 24.9 Å². The van der Waals surface area contributed by atoms with E-state index >= 15 is 0 Å². The molecular formula is C20H18N6O3S2. The minimum absolute atomic E-state index is 0.269. The first-order chi connectivity index (χ1) is 15.0. The lowest BCUT2D eigenvalue weighted by Crippen LogP contribution is -2.30. The topological polar surface area (TPSA) is 123 Å². The van der Waals surface area contributed by atoms with Crippen LogP contribution in [-0.4, -0.2) is 42.9 Å². The third-order valence-corrected chi connectivity index (χ3v) is 6.49. The number of aromatic amines is 1. The molecule has 3 heterocycles. The number of carbonyl (C=O) groups excluding carboxylic acids is 2. The first kappa shape index (κ1) is 20.9. The molecular weight excluding hydrogens is 436 g/mol. The standard InChI is InChI=1S/C20H18N6O3S2/c1-11-7-30-20(25-11)31-8-13-5-3-4-6-14(13)19(28)29-12(2)18(27)26-17-15-16(22-9-21-15)23-10-24-17/h3-7,9-10,12H,8H2,1-2H3,(H2,21,22,23,24,26,27)/t12-/m0/s1. The molecule has 31 heavy (non-hydrogen) atoms. The molecule has 158 valence electrons. The largest absolute Gasteiger partial charge is 0.449 e. The smallest absolute Gasteiger partial charge is 0.339 e. The number of imidazole rings is 1. The van der Waals surface area contributed by atoms with Crippen LogP contribution in [0.1, 0.15) is 28.5 Å². The van der Waals surface area contributed by atoms with Crippen LogP contribution in [0.25, 0.3) is 11.2 Å². The number of hydrogen-bond acceptors (Lipinski definition) is 9. The molecule has 4 aromatic rings. The van der Waals surface area contributed by atoms with Gasteiger partial charge in [0.1, 0.15) is 16.2 Å². The summed E-state index contributed by atoms with van der Waals surface area (Å²) in [7, 11) is 0. The summed E-state index contributed by atoms with van der Waals surface area (Å²) in [6, 6.07) is 7.18. The number of nitrogens with one attached hydrogen (secondary N) is 2. The maximum Gasteiger partial charge on any atom is 0.339 e. The van der Waals surface area contributed by atoms with E-state index in [1.54, 1.807) is 35.2 Å². The quantitative estimate of drug-likeness (QED) is 0.321. The zero-order chi connectivity index (χ0) is 21.8. The Balaban J connectivity index is 1.41. The number of hydrogen-bond donors (Lipinski definition) is 2. The summed E-state index contributed by atoms with van der Waals surface area (Å²) >= 11 is 3.12. The van der Waals surface area contributed by atoms with Gasteiger partial charge in [-0.2, -0.15) is 0 Å². The predicted molar refractivity (Wildman–Crippen MR) is 118 cm³/mol. The Kier molecular flexibility index (Phi) is 6.23. The van der Waals surface area contributed by atoms with E-state index in [2.05, 4.69) is 30.2 Å². The van der Waals surface area contributed by atoms with Crippen molar-refractivity contribution in [2.24, 2.45) is 0 Å². The van der Waals surface area contributed by atoms with Crippen LogP contribution in [0.2, 0.25) is 0 Å². The summed E-state index contributed by atoms with van der Waals surface area (Å²) in [5, 5.41) is 4.63. The summed E-state index contributed by atoms with van der Waals surface area (Å²) in [6.45, 7) is 3.45. The highest BCUT2D eigenvalue weighted by Crippen LogP contribution is 2.27. The van der Waals surface area contributed by atoms with E-state index in [0.29, 0.717) is 22.5 Å². The number of H-pyrrole nitrogens is 1. The average molecular weight is 455 g/mol. The molecule has 11 heteroatoms. The van der Waals surface area contributed by atoms with Gasteiger partial charge in [0.25, 0.3) is 5.91 Å². The van der Waals surface area contributed by atoms with Crippen molar-refractivity contribution in [2.75, 3.05) is 5.32 Å². The van der Waals surface area contributed by atoms with Crippen LogP contribution in [0.4, 0.5) is 5.82 Å². The van der Waals surface area contributed by atoms with Gasteiger partial charge < -0.3 is 15.0 Å². The SMILES string of the molecule is Cc1csc(SCc2ccccc2C(=O)O[C@@H](C)C(=O)Nc2ncnc3nc[nH]c23)n1. The molecule has 0 saturated heterocycles. The van der Waals surface area contributed by atoms with Gasteiger partial charge in [0, 0.05) is 16.8 Å². The van der Waals surface area contributed by atoms with Gasteiger partial charge in [-0.25, -0.2) is 24.7 Å². The van der Waals surface area contributed by atoms with Gasteiger partial charge >= 0.3 is 5.97 Å². The van der Waals surface area contributed by atoms with Crippen molar-refractivity contribution in [2.45, 2.75) is 30.0 Å². The van der Waals surface area contributed by atoms with Crippen LogP contribution in [-0.2, 0) is 15.3 Å². The van der Waals surface area contributed by atoms with Gasteiger partial charge in [-0.05, 0) is 25.5 Å². The highest BCUT2D eigenvalue weighted by Gasteiger charge is 2.22. The van der Waals surface area contributed by atoms with Gasteiger partial charge in [-0.15, -0.1) is 11.3 Å². The monoisotopic (exact) mass is 454 g/mol. The summed E-state index contributed by atoms with van der Waals surface area (Å²) in [6.07, 6.45) is 1.73. The number of carbonyl (C=O) groups is 2. The number of thioether (sulfide) groups is 1. The molecule has 0 aliphatic rings. The Hall–Kier alpha value is -3.31. The third-order valence-electron chi connectivity index (χ3n) is 4.30. The van der Waals surface area contributed by atoms with E-state index < -0.39 is 18.0 Å². The lowest BCUT2D eigenvalue weighted by atomic mass is 10.1. The van der Waals surface area contributed by atoms with Crippen LogP contribution in [0.5, 0.6) is 0 Å². The lowest BCUT2D eigenvalue weighted by Gasteiger charge is -2.15. The number of nitrogens with zero attached hydrogens (tertiary/aromatic N) is 4. The Bertz CT molecular complexity index is 1240. The summed E-state index contributed by atoms with van der Waals surface area (Å²) in [4.78, 5) is 44.7. The van der Waals surface area contributed by atoms with E-state index in [0.717, 1.165) is 15.6 Å². The Morgan fingerprint density at radius 1 is 1.26 bits per heavy atom. The van der Waals surface area contributed by atoms with Crippen LogP contribution in [0, 0.1) is 6.92 Å². The molecule has 1 atom stereocenters. The van der Waals surface area contributed by atoms with E-state index in [1.807, 2.05) is 24.4 Å². The van der Waals surface area contributed by atoms with Crippen molar-refractivity contribution < 1.29 is 14.3 Å². The number of benzene rings is 1. The summed E-state index contributed by atoms with van der Waals surface area (Å²) < 4.78 is 6.35. The number of aryl methyl sites for hydroxylation is 1. The third kappa shape index (κ3) is 4.89. The molecule has 3 aromatic heterocycles. The summed E-state index contributed by atoms with van der Waals surface area (Å²) in [5.74, 6) is -0.236. The Morgan fingerprint density at radius 3 is 2.90 bits per heavy atom. The normalized spacial score (nSPS) is 11.9. The number of fused-ring (bicyclic) bond motifs is 1. The molecule has 9 nitrogen and oxygen atoms in total. The maximum absolute atomic E-state index is 12.8. The van der Waals surface area contributed by atoms with Gasteiger partial charge in [0.2, 0.25) is 0 Å². The minimum Gasteiger partial charge on any atom is -0.449 e. The molecule has 2 N–H and O–H groups in total. The molecule has 1 amide bonds. The fraction of sp³-hybridized carbons (Fsp3) is 0.200. The van der Waals surface area contributed by atoms with Crippen LogP contribution < -0.4 is 5.32 Å². The molecule has 0 bridgehead atoms. The minimum atomic E-state index is -1.03. The fourth-order valence-electron chi connectivity index (χ4n) is 2.74. The molecule has 0 radical (unpaired) electrons. The fourth-order valence-corrected chi connectivity index (χ4v) is 4.59. The second-order valence-corrected chi connectivity index (χ2v) is 8.64. The number of anilines is 1. The zero-order valence-corrected chi connectivity index (χ0v) is 18.3. The maximum atomic E-state index is 12.8. The number of amides is 1. The van der Waals surface area contributed by atoms with Gasteiger partial charge in [0.15, 0.2) is 17.6 Å². The van der Waals surface area contributed by atoms with Crippen molar-refractivity contribution >= 4 is 52.0 Å². The average Bonchev–Trinajstić information content (AvgIpc) is 3.41. The van der Waals surface area contributed by atoms with E-state index in [-0.39, 0.29) is 5.82 Å². The molecule has 4 rings (SSSR count). The number of rotatable bonds is 7. The van der Waals surface area contributed by atoms with Gasteiger partial charge in [-0.1, -0.05) is 30.0 Å². The molecule has 0 unspecified atom stereocenters. The zero-order valence-electron chi connectivity index (χ0n) is 16.7. The highest BCUT2D eigenvalue weighted by atomic mass is 32.2. The Labute approximate surface area is 185 Å². The number of thiazole rings is 1. The molecule has 0 saturated carbocycles. The van der Waals surface area contributed by atoms with Crippen molar-refractivity contribution in [3.8, 4) is 0 Å². The first-order valence-corrected chi connectivity index (χ1v) is 11.2. The van der Waals surface area contributed by atoms with Crippen molar-refractivity contribution in [3.63, 3.8) is 0 Å². The second kappa shape index (κ2) is 9.23. The Morgan fingerprint density at radius 2 is 2.10 bits per heavy atom. The van der Waals surface area contributed by atoms with Crippen molar-refractivity contribution in [1.29, 1.82) is 0 Å². The second-order valence-electron chi connectivity index (χ2n) is 6.56. The van der Waals surface area contributed by atoms with Crippen LogP contribution in [0.15, 0.2) is 46.6 Å². The van der Waals surface area contributed by atoms with E-state index in [1.165, 1.54) is 19.6 Å². The lowest BCUT2D eigenvalue weighted by molar-refractivity contribution is -0.123. The number of aromatic nitrogens is 5. The molecule has 0 spiro atoms. The van der Waals surface area contributed by atoms with E-state index in [4.69, 9.17) is 4.74 Å². The molecule has 0 aliphatic heterocycles. The van der Waals surface area contributed by atoms with Crippen LogP contribution in [0.3, 0.4) is 0 Å². The first-order valence-electron chi connectivity index (χ1n) is 9.30. The number of esters is 1. The number of ether oxygens (including phenoxy) is 1. The van der Waals surface area contributed by atoms with Crippen molar-refractivity contribution in [3.05, 3.63) is 59.1 Å². The van der Waals surface area contributed by atoms with Gasteiger partial charge in [-0.3, -0.25) is 4.79 Å². The molecule has 0 fully saturated rings. The van der Waals surface area contributed by atoms with Gasteiger partial charge in [0.05, 0.1) is 11.9 Å². The van der Waals surface area contributed by atoms with Crippen LogP contribution >= 0.6 is 23.1 Å². The predicted octanol–water partition coefficient (Wildman–Crippen LogP) is 3.59. The summed E-state index contributed by atoms with van der Waals surface area (Å²) in [5.41, 5.74) is 3.12. The highest BCUT2D eigenvalue weighted by molar-refractivity contribution is 8.00. The molecule has 1 aromatic carbocycles. The molecule has 0 aliphatic carbocycles. The van der Waals surface area contributed by atoms with E-state index in [9.17, 15) is 9.59 Å².